The van der Waals surface area contributed by atoms with Gasteiger partial charge in [0.2, 0.25) is 0 Å². The first kappa shape index (κ1) is 22.2. The summed E-state index contributed by atoms with van der Waals surface area (Å²) in [4.78, 5) is 21.4. The first-order valence-corrected chi connectivity index (χ1v) is 12.6. The van der Waals surface area contributed by atoms with Crippen LogP contribution < -0.4 is 14.9 Å². The number of likely N-dealkylation sites (tertiary alicyclic amines) is 2. The van der Waals surface area contributed by atoms with Crippen molar-refractivity contribution in [2.45, 2.75) is 38.5 Å². The van der Waals surface area contributed by atoms with E-state index < -0.39 is 0 Å². The standard InChI is InChI=1S/C27H35N3O3/c31-27-23-9-7-21(32-17-15-29-11-3-1-4-12-29)19-25(23)28-26-20-22(8-10-24(26)27)33-18-16-30-13-5-2-6-14-30/h7-10,19-20H,1-6,11-18H2,(H,28,31). The maximum Gasteiger partial charge on any atom is 0.197 e. The van der Waals surface area contributed by atoms with Crippen LogP contribution in [0.3, 0.4) is 0 Å². The van der Waals surface area contributed by atoms with Gasteiger partial charge in [0, 0.05) is 36.0 Å². The van der Waals surface area contributed by atoms with E-state index in [4.69, 9.17) is 9.47 Å². The van der Waals surface area contributed by atoms with Crippen molar-refractivity contribution in [3.63, 3.8) is 0 Å². The molecule has 0 aliphatic carbocycles. The molecule has 0 spiro atoms. The molecule has 1 N–H and O–H groups in total. The highest BCUT2D eigenvalue weighted by atomic mass is 16.5. The predicted molar refractivity (Wildman–Crippen MR) is 134 cm³/mol. The molecule has 0 atom stereocenters. The van der Waals surface area contributed by atoms with Crippen LogP contribution in [0.15, 0.2) is 41.2 Å². The van der Waals surface area contributed by atoms with E-state index in [-0.39, 0.29) is 5.43 Å². The molecule has 6 heteroatoms. The molecule has 2 aliphatic heterocycles. The third-order valence-corrected chi connectivity index (χ3v) is 6.99. The molecule has 33 heavy (non-hydrogen) atoms. The third-order valence-electron chi connectivity index (χ3n) is 6.99. The number of piperidine rings is 2. The summed E-state index contributed by atoms with van der Waals surface area (Å²) in [6.45, 7) is 7.91. The van der Waals surface area contributed by atoms with Crippen molar-refractivity contribution >= 4 is 21.8 Å². The number of hydrogen-bond acceptors (Lipinski definition) is 5. The van der Waals surface area contributed by atoms with Crippen molar-refractivity contribution in [2.24, 2.45) is 0 Å². The van der Waals surface area contributed by atoms with Crippen molar-refractivity contribution in [3.8, 4) is 11.5 Å². The Labute approximate surface area is 195 Å². The number of fused-ring (bicyclic) bond motifs is 2. The average Bonchev–Trinajstić information content (AvgIpc) is 2.85. The highest BCUT2D eigenvalue weighted by Gasteiger charge is 2.12. The smallest absolute Gasteiger partial charge is 0.197 e. The molecule has 1 aromatic heterocycles. The Balaban J connectivity index is 1.26. The van der Waals surface area contributed by atoms with Crippen molar-refractivity contribution in [1.82, 2.24) is 14.8 Å². The Bertz CT molecular complexity index is 1050. The second-order valence-electron chi connectivity index (χ2n) is 9.37. The number of aromatic nitrogens is 1. The van der Waals surface area contributed by atoms with E-state index in [1.165, 1.54) is 64.7 Å². The largest absolute Gasteiger partial charge is 0.492 e. The summed E-state index contributed by atoms with van der Waals surface area (Å²) in [5.74, 6) is 1.59. The van der Waals surface area contributed by atoms with Gasteiger partial charge in [-0.15, -0.1) is 0 Å². The lowest BCUT2D eigenvalue weighted by atomic mass is 10.1. The van der Waals surface area contributed by atoms with Gasteiger partial charge in [-0.05, 0) is 76.1 Å². The summed E-state index contributed by atoms with van der Waals surface area (Å²) in [5, 5.41) is 1.37. The van der Waals surface area contributed by atoms with Gasteiger partial charge in [-0.2, -0.15) is 0 Å². The number of pyridine rings is 1. The number of H-pyrrole nitrogens is 1. The topological polar surface area (TPSA) is 57.8 Å². The number of rotatable bonds is 8. The Kier molecular flexibility index (Phi) is 7.12. The minimum atomic E-state index is 0.0403. The molecule has 0 saturated carbocycles. The summed E-state index contributed by atoms with van der Waals surface area (Å²) in [5.41, 5.74) is 1.64. The SMILES string of the molecule is O=c1c2ccc(OCCN3CCCCC3)cc2[nH]c2cc(OCCN3CCCCC3)ccc12. The molecular weight excluding hydrogens is 414 g/mol. The van der Waals surface area contributed by atoms with Gasteiger partial charge >= 0.3 is 0 Å². The highest BCUT2D eigenvalue weighted by molar-refractivity contribution is 5.93. The molecule has 2 aliphatic rings. The average molecular weight is 450 g/mol. The molecule has 2 saturated heterocycles. The fourth-order valence-electron chi connectivity index (χ4n) is 5.07. The molecule has 3 heterocycles. The van der Waals surface area contributed by atoms with Crippen LogP contribution in [0.4, 0.5) is 0 Å². The van der Waals surface area contributed by atoms with Gasteiger partial charge < -0.3 is 14.5 Å². The predicted octanol–water partition coefficient (Wildman–Crippen LogP) is 4.41. The minimum absolute atomic E-state index is 0.0403. The zero-order valence-corrected chi connectivity index (χ0v) is 19.5. The van der Waals surface area contributed by atoms with E-state index >= 15 is 0 Å². The number of ether oxygens (including phenoxy) is 2. The summed E-state index contributed by atoms with van der Waals surface area (Å²) in [7, 11) is 0. The van der Waals surface area contributed by atoms with Crippen LogP contribution in [-0.2, 0) is 0 Å². The molecule has 5 rings (SSSR count). The monoisotopic (exact) mass is 449 g/mol. The van der Waals surface area contributed by atoms with Crippen molar-refractivity contribution in [2.75, 3.05) is 52.5 Å². The Morgan fingerprint density at radius 1 is 0.667 bits per heavy atom. The lowest BCUT2D eigenvalue weighted by molar-refractivity contribution is 0.183. The lowest BCUT2D eigenvalue weighted by Crippen LogP contribution is -2.33. The zero-order valence-electron chi connectivity index (χ0n) is 19.5. The zero-order chi connectivity index (χ0) is 22.5. The van der Waals surface area contributed by atoms with Gasteiger partial charge in [0.15, 0.2) is 5.43 Å². The lowest BCUT2D eigenvalue weighted by Gasteiger charge is -2.26. The summed E-state index contributed by atoms with van der Waals surface area (Å²) < 4.78 is 12.0. The highest BCUT2D eigenvalue weighted by Crippen LogP contribution is 2.23. The molecular formula is C27H35N3O3. The van der Waals surface area contributed by atoms with Crippen LogP contribution in [0.5, 0.6) is 11.5 Å². The van der Waals surface area contributed by atoms with E-state index in [1.54, 1.807) is 0 Å². The quantitative estimate of drug-likeness (QED) is 0.516. The van der Waals surface area contributed by atoms with Crippen LogP contribution in [-0.4, -0.2) is 67.3 Å². The van der Waals surface area contributed by atoms with Crippen LogP contribution in [0, 0.1) is 0 Å². The molecule has 0 radical (unpaired) electrons. The molecule has 0 bridgehead atoms. The number of nitrogens with one attached hydrogen (secondary N) is 1. The fraction of sp³-hybridized carbons (Fsp3) is 0.519. The van der Waals surface area contributed by atoms with E-state index in [1.807, 2.05) is 36.4 Å². The van der Waals surface area contributed by atoms with E-state index in [9.17, 15) is 4.79 Å². The molecule has 6 nitrogen and oxygen atoms in total. The van der Waals surface area contributed by atoms with Crippen molar-refractivity contribution < 1.29 is 9.47 Å². The summed E-state index contributed by atoms with van der Waals surface area (Å²) in [6.07, 6.45) is 7.83. The Morgan fingerprint density at radius 2 is 1.12 bits per heavy atom. The van der Waals surface area contributed by atoms with Crippen LogP contribution in [0.1, 0.15) is 38.5 Å². The fourth-order valence-corrected chi connectivity index (χ4v) is 5.07. The second-order valence-corrected chi connectivity index (χ2v) is 9.37. The Hall–Kier alpha value is -2.57. The van der Waals surface area contributed by atoms with Crippen molar-refractivity contribution in [3.05, 3.63) is 46.6 Å². The van der Waals surface area contributed by atoms with E-state index in [0.717, 1.165) is 35.6 Å². The normalized spacial score (nSPS) is 18.1. The molecule has 2 aromatic carbocycles. The van der Waals surface area contributed by atoms with E-state index in [2.05, 4.69) is 14.8 Å². The van der Waals surface area contributed by atoms with E-state index in [0.29, 0.717) is 24.0 Å². The molecule has 3 aromatic rings. The molecule has 176 valence electrons. The second kappa shape index (κ2) is 10.6. The molecule has 0 unspecified atom stereocenters. The first-order valence-electron chi connectivity index (χ1n) is 12.6. The third kappa shape index (κ3) is 5.50. The van der Waals surface area contributed by atoms with Crippen molar-refractivity contribution in [1.29, 1.82) is 0 Å². The number of benzene rings is 2. The maximum atomic E-state index is 13.0. The van der Waals surface area contributed by atoms with Gasteiger partial charge in [0.05, 0.1) is 11.0 Å². The number of nitrogens with zero attached hydrogens (tertiary/aromatic N) is 2. The summed E-state index contributed by atoms with van der Waals surface area (Å²) >= 11 is 0. The number of hydrogen-bond donors (Lipinski definition) is 1. The van der Waals surface area contributed by atoms with Crippen LogP contribution in [0.2, 0.25) is 0 Å². The van der Waals surface area contributed by atoms with Crippen LogP contribution in [0.25, 0.3) is 21.8 Å². The Morgan fingerprint density at radius 3 is 1.58 bits per heavy atom. The van der Waals surface area contributed by atoms with Gasteiger partial charge in [-0.1, -0.05) is 12.8 Å². The maximum absolute atomic E-state index is 13.0. The first-order chi connectivity index (χ1) is 16.3. The minimum Gasteiger partial charge on any atom is -0.492 e. The van der Waals surface area contributed by atoms with Gasteiger partial charge in [-0.25, -0.2) is 0 Å². The van der Waals surface area contributed by atoms with Gasteiger partial charge in [-0.3, -0.25) is 14.6 Å². The molecule has 0 amide bonds. The van der Waals surface area contributed by atoms with Gasteiger partial charge in [0.1, 0.15) is 24.7 Å². The summed E-state index contributed by atoms with van der Waals surface area (Å²) in [6, 6.07) is 11.4. The number of aromatic amines is 1. The van der Waals surface area contributed by atoms with Gasteiger partial charge in [0.25, 0.3) is 0 Å². The van der Waals surface area contributed by atoms with Crippen LogP contribution >= 0.6 is 0 Å². The molecule has 2 fully saturated rings.